The first kappa shape index (κ1) is 23.1. The van der Waals surface area contributed by atoms with E-state index in [9.17, 15) is 18.0 Å². The highest BCUT2D eigenvalue weighted by molar-refractivity contribution is 7.89. The van der Waals surface area contributed by atoms with Gasteiger partial charge in [0.25, 0.3) is 10.0 Å². The fourth-order valence-corrected chi connectivity index (χ4v) is 6.13. The van der Waals surface area contributed by atoms with Gasteiger partial charge in [-0.3, -0.25) is 9.59 Å². The number of benzene rings is 2. The average molecular weight is 472 g/mol. The van der Waals surface area contributed by atoms with Crippen molar-refractivity contribution in [3.05, 3.63) is 53.6 Å². The molecule has 2 fully saturated rings. The Morgan fingerprint density at radius 1 is 1.00 bits per heavy atom. The molecule has 9 heteroatoms. The van der Waals surface area contributed by atoms with Crippen LogP contribution >= 0.6 is 0 Å². The zero-order chi connectivity index (χ0) is 23.8. The van der Waals surface area contributed by atoms with E-state index < -0.39 is 22.0 Å². The maximum atomic E-state index is 13.3. The van der Waals surface area contributed by atoms with Crippen molar-refractivity contribution in [3.8, 4) is 5.75 Å². The van der Waals surface area contributed by atoms with Crippen LogP contribution < -0.4 is 9.64 Å². The molecule has 8 nitrogen and oxygen atoms in total. The molecule has 4 rings (SSSR count). The Labute approximate surface area is 194 Å². The van der Waals surface area contributed by atoms with Gasteiger partial charge < -0.3 is 14.5 Å². The Hall–Kier alpha value is -3.07. The van der Waals surface area contributed by atoms with Crippen molar-refractivity contribution < 1.29 is 22.7 Å². The van der Waals surface area contributed by atoms with Gasteiger partial charge in [-0.15, -0.1) is 0 Å². The van der Waals surface area contributed by atoms with Gasteiger partial charge >= 0.3 is 0 Å². The lowest BCUT2D eigenvalue weighted by molar-refractivity contribution is -0.138. The summed E-state index contributed by atoms with van der Waals surface area (Å²) in [7, 11) is -2.49. The molecule has 2 saturated heterocycles. The molecule has 2 aromatic carbocycles. The van der Waals surface area contributed by atoms with Crippen LogP contribution in [0.15, 0.2) is 47.4 Å². The van der Waals surface area contributed by atoms with Gasteiger partial charge in [0.1, 0.15) is 11.8 Å². The summed E-state index contributed by atoms with van der Waals surface area (Å²) in [4.78, 5) is 29.8. The van der Waals surface area contributed by atoms with Crippen LogP contribution in [0.25, 0.3) is 0 Å². The molecule has 0 N–H and O–H groups in total. The molecule has 2 aromatic rings. The summed E-state index contributed by atoms with van der Waals surface area (Å²) < 4.78 is 32.9. The third-order valence-corrected chi connectivity index (χ3v) is 8.32. The number of hydrogen-bond donors (Lipinski definition) is 0. The lowest BCUT2D eigenvalue weighted by Crippen LogP contribution is -2.55. The molecule has 0 bridgehead atoms. The number of para-hydroxylation sites is 2. The zero-order valence-electron chi connectivity index (χ0n) is 19.2. The lowest BCUT2D eigenvalue weighted by atomic mass is 10.1. The largest absolute Gasteiger partial charge is 0.495 e. The summed E-state index contributed by atoms with van der Waals surface area (Å²) in [5.74, 6) is -0.0727. The van der Waals surface area contributed by atoms with E-state index in [1.165, 1.54) is 6.07 Å². The summed E-state index contributed by atoms with van der Waals surface area (Å²) in [6.07, 6.45) is 0.246. The number of nitrogens with zero attached hydrogens (tertiary/aromatic N) is 3. The quantitative estimate of drug-likeness (QED) is 0.665. The van der Waals surface area contributed by atoms with Crippen molar-refractivity contribution in [2.45, 2.75) is 37.6 Å². The number of sulfonamides is 1. The first-order valence-corrected chi connectivity index (χ1v) is 12.5. The van der Waals surface area contributed by atoms with E-state index in [0.29, 0.717) is 26.2 Å². The van der Waals surface area contributed by atoms with Crippen LogP contribution in [-0.4, -0.2) is 68.8 Å². The maximum absolute atomic E-state index is 13.3. The summed E-state index contributed by atoms with van der Waals surface area (Å²) in [6, 6.07) is 11.5. The lowest BCUT2D eigenvalue weighted by Gasteiger charge is -2.38. The second-order valence-electron chi connectivity index (χ2n) is 8.48. The summed E-state index contributed by atoms with van der Waals surface area (Å²) in [6.45, 7) is 5.79. The average Bonchev–Trinajstić information content (AvgIpc) is 3.22. The van der Waals surface area contributed by atoms with Crippen molar-refractivity contribution in [2.75, 3.05) is 38.2 Å². The third kappa shape index (κ3) is 4.29. The molecule has 1 atom stereocenters. The fourth-order valence-electron chi connectivity index (χ4n) is 4.44. The minimum atomic E-state index is -4.11. The smallest absolute Gasteiger partial charge is 0.267 e. The molecule has 0 spiro atoms. The van der Waals surface area contributed by atoms with Gasteiger partial charge in [-0.2, -0.15) is 0 Å². The minimum absolute atomic E-state index is 0.0413. The number of aryl methyl sites for hydroxylation is 2. The van der Waals surface area contributed by atoms with Gasteiger partial charge in [0, 0.05) is 32.6 Å². The molecule has 0 saturated carbocycles. The standard InChI is InChI=1S/C24H29N3O5S/c1-17-8-9-19(16-18(17)2)33(30,31)27-21(10-11-23(27)28)24(29)26-14-12-25(13-15-26)20-6-4-5-7-22(20)32-3/h4-9,16,21H,10-15H2,1-3H3/t21-/m0/s1. The van der Waals surface area contributed by atoms with Crippen LogP contribution in [0.5, 0.6) is 5.75 Å². The van der Waals surface area contributed by atoms with E-state index in [-0.39, 0.29) is 23.6 Å². The highest BCUT2D eigenvalue weighted by atomic mass is 32.2. The third-order valence-electron chi connectivity index (χ3n) is 6.50. The molecule has 2 aliphatic heterocycles. The topological polar surface area (TPSA) is 87.2 Å². The number of ether oxygens (including phenoxy) is 1. The molecule has 0 radical (unpaired) electrons. The van der Waals surface area contributed by atoms with Crippen molar-refractivity contribution in [1.82, 2.24) is 9.21 Å². The van der Waals surface area contributed by atoms with Crippen molar-refractivity contribution in [3.63, 3.8) is 0 Å². The van der Waals surface area contributed by atoms with E-state index in [4.69, 9.17) is 4.74 Å². The summed E-state index contributed by atoms with van der Waals surface area (Å²) in [5.41, 5.74) is 2.74. The fraction of sp³-hybridized carbons (Fsp3) is 0.417. The highest BCUT2D eigenvalue weighted by Gasteiger charge is 2.46. The van der Waals surface area contributed by atoms with Gasteiger partial charge in [-0.1, -0.05) is 18.2 Å². The number of piperazine rings is 1. The second kappa shape index (κ2) is 9.05. The molecule has 0 unspecified atom stereocenters. The SMILES string of the molecule is COc1ccccc1N1CCN(C(=O)[C@@H]2CCC(=O)N2S(=O)(=O)c2ccc(C)c(C)c2)CC1. The number of hydrogen-bond acceptors (Lipinski definition) is 6. The van der Waals surface area contributed by atoms with Gasteiger partial charge in [0.2, 0.25) is 11.8 Å². The second-order valence-corrected chi connectivity index (χ2v) is 10.3. The van der Waals surface area contributed by atoms with Crippen LogP contribution in [0.3, 0.4) is 0 Å². The number of anilines is 1. The van der Waals surface area contributed by atoms with E-state index in [1.807, 2.05) is 38.1 Å². The van der Waals surface area contributed by atoms with E-state index >= 15 is 0 Å². The number of methoxy groups -OCH3 is 1. The first-order valence-electron chi connectivity index (χ1n) is 11.1. The molecule has 2 amide bonds. The molecule has 0 aromatic heterocycles. The summed E-state index contributed by atoms with van der Waals surface area (Å²) >= 11 is 0. The molecule has 176 valence electrons. The molecule has 0 aliphatic carbocycles. The predicted octanol–water partition coefficient (Wildman–Crippen LogP) is 2.34. The zero-order valence-corrected chi connectivity index (χ0v) is 20.0. The van der Waals surface area contributed by atoms with Gasteiger partial charge in [-0.05, 0) is 55.7 Å². The van der Waals surface area contributed by atoms with Crippen LogP contribution in [0.4, 0.5) is 5.69 Å². The van der Waals surface area contributed by atoms with Crippen LogP contribution in [-0.2, 0) is 19.6 Å². The molecular formula is C24H29N3O5S. The Kier molecular flexibility index (Phi) is 6.34. The molecule has 2 aliphatic rings. The normalized spacial score (nSPS) is 19.2. The molecule has 33 heavy (non-hydrogen) atoms. The van der Waals surface area contributed by atoms with Gasteiger partial charge in [-0.25, -0.2) is 12.7 Å². The molecular weight excluding hydrogens is 442 g/mol. The van der Waals surface area contributed by atoms with Gasteiger partial charge in [0.05, 0.1) is 17.7 Å². The number of rotatable bonds is 5. The monoisotopic (exact) mass is 471 g/mol. The Morgan fingerprint density at radius 3 is 2.36 bits per heavy atom. The van der Waals surface area contributed by atoms with E-state index in [1.54, 1.807) is 24.1 Å². The molecule has 2 heterocycles. The predicted molar refractivity (Wildman–Crippen MR) is 125 cm³/mol. The maximum Gasteiger partial charge on any atom is 0.267 e. The van der Waals surface area contributed by atoms with Crippen molar-refractivity contribution >= 4 is 27.5 Å². The van der Waals surface area contributed by atoms with E-state index in [2.05, 4.69) is 4.90 Å². The highest BCUT2D eigenvalue weighted by Crippen LogP contribution is 2.31. The number of amides is 2. The van der Waals surface area contributed by atoms with E-state index in [0.717, 1.165) is 26.9 Å². The Balaban J connectivity index is 1.51. The number of carbonyl (C=O) groups excluding carboxylic acids is 2. The van der Waals surface area contributed by atoms with Crippen LogP contribution in [0.1, 0.15) is 24.0 Å². The minimum Gasteiger partial charge on any atom is -0.495 e. The Morgan fingerprint density at radius 2 is 1.70 bits per heavy atom. The first-order chi connectivity index (χ1) is 15.7. The van der Waals surface area contributed by atoms with Gasteiger partial charge in [0.15, 0.2) is 0 Å². The number of carbonyl (C=O) groups is 2. The van der Waals surface area contributed by atoms with Crippen molar-refractivity contribution in [2.24, 2.45) is 0 Å². The van der Waals surface area contributed by atoms with Crippen LogP contribution in [0, 0.1) is 13.8 Å². The van der Waals surface area contributed by atoms with Crippen LogP contribution in [0.2, 0.25) is 0 Å². The summed E-state index contributed by atoms with van der Waals surface area (Å²) in [5, 5.41) is 0. The Bertz CT molecular complexity index is 1170. The van der Waals surface area contributed by atoms with Crippen molar-refractivity contribution in [1.29, 1.82) is 0 Å².